The lowest BCUT2D eigenvalue weighted by molar-refractivity contribution is -0.115. The summed E-state index contributed by atoms with van der Waals surface area (Å²) in [6.07, 6.45) is 3.65. The molecule has 0 aromatic heterocycles. The maximum Gasteiger partial charge on any atom is 0.211 e. The van der Waals surface area contributed by atoms with Gasteiger partial charge in [-0.3, -0.25) is 9.59 Å². The van der Waals surface area contributed by atoms with E-state index in [1.807, 2.05) is 0 Å². The van der Waals surface area contributed by atoms with Gasteiger partial charge in [0.1, 0.15) is 11.5 Å². The fourth-order valence-corrected chi connectivity index (χ4v) is 1.28. The van der Waals surface area contributed by atoms with E-state index >= 15 is 0 Å². The lowest BCUT2D eigenvalue weighted by atomic mass is 10.1. The third kappa shape index (κ3) is 5.25. The number of ketones is 1. The van der Waals surface area contributed by atoms with Crippen LogP contribution in [-0.2, 0) is 14.3 Å². The minimum absolute atomic E-state index is 0.0754. The van der Waals surface area contributed by atoms with Gasteiger partial charge >= 0.3 is 0 Å². The molecule has 0 aliphatic rings. The largest absolute Gasteiger partial charge is 0.497 e. The second-order valence-corrected chi connectivity index (χ2v) is 4.01. The quantitative estimate of drug-likeness (QED) is 0.316. The minimum Gasteiger partial charge on any atom is -0.497 e. The Morgan fingerprint density at radius 1 is 1.26 bits per heavy atom. The van der Waals surface area contributed by atoms with Crippen molar-refractivity contribution < 1.29 is 14.3 Å². The first-order chi connectivity index (χ1) is 8.84. The maximum atomic E-state index is 12.0. The van der Waals surface area contributed by atoms with Crippen LogP contribution in [0.4, 0.5) is 0 Å². The monoisotopic (exact) mass is 264 g/mol. The number of nitrogens with two attached hydrogens (primary N) is 1. The molecule has 0 heterocycles. The Bertz CT molecular complexity index is 467. The molecule has 0 radical (unpaired) electrons. The number of hydrogen-bond acceptors (Lipinski definition) is 4. The number of carbonyl (C=O) groups excluding carboxylic acids is 2. The smallest absolute Gasteiger partial charge is 0.211 e. The van der Waals surface area contributed by atoms with Crippen LogP contribution in [0.2, 0.25) is 0 Å². The predicted octanol–water partition coefficient (Wildman–Crippen LogP) is 1.54. The van der Waals surface area contributed by atoms with Crippen LogP contribution in [0.25, 0.3) is 0 Å². The van der Waals surface area contributed by atoms with Gasteiger partial charge in [0.2, 0.25) is 12.2 Å². The summed E-state index contributed by atoms with van der Waals surface area (Å²) >= 11 is 0. The topological polar surface area (TPSA) is 81.4 Å². The standard InChI is InChI=1S/C14H20N2O3/c1-9(2)12(19-5)7-6-10(3)14(18)13(11(4)15)16-8-17/h6-8H,1,15H2,2-5H3,(H,16,17)/b10-6+,12-7+,13-11+. The van der Waals surface area contributed by atoms with Gasteiger partial charge in [-0.15, -0.1) is 0 Å². The van der Waals surface area contributed by atoms with Crippen LogP contribution in [0, 0.1) is 0 Å². The summed E-state index contributed by atoms with van der Waals surface area (Å²) in [7, 11) is 1.52. The average molecular weight is 264 g/mol. The molecule has 0 aromatic rings. The summed E-state index contributed by atoms with van der Waals surface area (Å²) in [5.41, 5.74) is 7.04. The molecule has 0 spiro atoms. The van der Waals surface area contributed by atoms with Gasteiger partial charge in [0.05, 0.1) is 7.11 Å². The zero-order chi connectivity index (χ0) is 15.0. The molecular weight excluding hydrogens is 244 g/mol. The maximum absolute atomic E-state index is 12.0. The van der Waals surface area contributed by atoms with Gasteiger partial charge in [-0.2, -0.15) is 0 Å². The van der Waals surface area contributed by atoms with E-state index in [0.717, 1.165) is 5.57 Å². The third-order valence-corrected chi connectivity index (χ3v) is 2.31. The van der Waals surface area contributed by atoms with Crippen LogP contribution >= 0.6 is 0 Å². The Balaban J connectivity index is 5.26. The zero-order valence-electron chi connectivity index (χ0n) is 11.7. The van der Waals surface area contributed by atoms with Gasteiger partial charge < -0.3 is 15.8 Å². The molecule has 0 atom stereocenters. The normalized spacial score (nSPS) is 13.5. The second-order valence-electron chi connectivity index (χ2n) is 4.01. The summed E-state index contributed by atoms with van der Waals surface area (Å²) in [4.78, 5) is 22.5. The molecule has 5 heteroatoms. The molecule has 0 aliphatic heterocycles. The van der Waals surface area contributed by atoms with E-state index in [1.165, 1.54) is 7.11 Å². The van der Waals surface area contributed by atoms with Crippen molar-refractivity contribution in [3.05, 3.63) is 47.0 Å². The SMILES string of the molecule is C=C(C)/C(=C\C=C(/C)C(=O)/C(NC=O)=C(/C)N)OC. The molecule has 104 valence electrons. The van der Waals surface area contributed by atoms with Crippen LogP contribution in [0.5, 0.6) is 0 Å². The highest BCUT2D eigenvalue weighted by Crippen LogP contribution is 2.10. The van der Waals surface area contributed by atoms with E-state index in [1.54, 1.807) is 32.9 Å². The summed E-state index contributed by atoms with van der Waals surface area (Å²) in [5.74, 6) is 0.228. The summed E-state index contributed by atoms with van der Waals surface area (Å²) < 4.78 is 5.09. The Morgan fingerprint density at radius 2 is 1.84 bits per heavy atom. The molecule has 0 unspecified atom stereocenters. The van der Waals surface area contributed by atoms with Gasteiger partial charge in [0.25, 0.3) is 0 Å². The van der Waals surface area contributed by atoms with E-state index in [4.69, 9.17) is 10.5 Å². The molecule has 5 nitrogen and oxygen atoms in total. The zero-order valence-corrected chi connectivity index (χ0v) is 11.7. The number of hydrogen-bond donors (Lipinski definition) is 2. The van der Waals surface area contributed by atoms with Crippen LogP contribution in [0.3, 0.4) is 0 Å². The third-order valence-electron chi connectivity index (χ3n) is 2.31. The highest BCUT2D eigenvalue weighted by molar-refractivity contribution is 6.08. The van der Waals surface area contributed by atoms with Crippen LogP contribution < -0.4 is 11.1 Å². The van der Waals surface area contributed by atoms with E-state index in [2.05, 4.69) is 11.9 Å². The number of carbonyl (C=O) groups is 2. The second kappa shape index (κ2) is 7.92. The number of ether oxygens (including phenoxy) is 1. The number of nitrogens with one attached hydrogen (secondary N) is 1. The minimum atomic E-state index is -0.347. The van der Waals surface area contributed by atoms with Gasteiger partial charge in [-0.05, 0) is 38.0 Å². The van der Waals surface area contributed by atoms with E-state index < -0.39 is 0 Å². The van der Waals surface area contributed by atoms with Gasteiger partial charge in [0.15, 0.2) is 0 Å². The van der Waals surface area contributed by atoms with E-state index in [-0.39, 0.29) is 17.2 Å². The average Bonchev–Trinajstić information content (AvgIpc) is 2.34. The Hall–Kier alpha value is -2.30. The highest BCUT2D eigenvalue weighted by atomic mass is 16.5. The number of amides is 1. The molecule has 0 aliphatic carbocycles. The lowest BCUT2D eigenvalue weighted by Gasteiger charge is -2.07. The number of rotatable bonds is 7. The summed E-state index contributed by atoms with van der Waals surface area (Å²) in [5, 5.41) is 2.30. The first kappa shape index (κ1) is 16.7. The van der Waals surface area contributed by atoms with Crippen molar-refractivity contribution in [2.45, 2.75) is 20.8 Å². The Labute approximate surface area is 113 Å². The first-order valence-electron chi connectivity index (χ1n) is 5.64. The van der Waals surface area contributed by atoms with Crippen LogP contribution in [-0.4, -0.2) is 19.3 Å². The molecule has 1 amide bonds. The van der Waals surface area contributed by atoms with E-state index in [0.29, 0.717) is 17.7 Å². The molecule has 3 N–H and O–H groups in total. The number of Topliss-reactive ketones (excluding diaryl/α,β-unsaturated/α-hetero) is 1. The molecule has 0 saturated carbocycles. The van der Waals surface area contributed by atoms with Crippen molar-refractivity contribution in [3.8, 4) is 0 Å². The fraction of sp³-hybridized carbons (Fsp3) is 0.286. The summed E-state index contributed by atoms with van der Waals surface area (Å²) in [6, 6.07) is 0. The van der Waals surface area contributed by atoms with Crippen molar-refractivity contribution in [1.29, 1.82) is 0 Å². The number of allylic oxidation sites excluding steroid dienone is 5. The summed E-state index contributed by atoms with van der Waals surface area (Å²) in [6.45, 7) is 8.71. The van der Waals surface area contributed by atoms with Gasteiger partial charge in [0, 0.05) is 5.70 Å². The first-order valence-corrected chi connectivity index (χ1v) is 5.64. The highest BCUT2D eigenvalue weighted by Gasteiger charge is 2.12. The van der Waals surface area contributed by atoms with Gasteiger partial charge in [-0.1, -0.05) is 12.7 Å². The predicted molar refractivity (Wildman–Crippen MR) is 74.8 cm³/mol. The number of methoxy groups -OCH3 is 1. The van der Waals surface area contributed by atoms with Crippen molar-refractivity contribution in [1.82, 2.24) is 5.32 Å². The molecule has 0 bridgehead atoms. The molecule has 0 fully saturated rings. The molecule has 0 saturated heterocycles. The Morgan fingerprint density at radius 3 is 2.21 bits per heavy atom. The van der Waals surface area contributed by atoms with Gasteiger partial charge in [-0.25, -0.2) is 0 Å². The van der Waals surface area contributed by atoms with Crippen molar-refractivity contribution in [2.75, 3.05) is 7.11 Å². The molecule has 0 rings (SSSR count). The Kier molecular flexibility index (Phi) is 6.96. The van der Waals surface area contributed by atoms with Crippen molar-refractivity contribution in [3.63, 3.8) is 0 Å². The lowest BCUT2D eigenvalue weighted by Crippen LogP contribution is -2.23. The fourth-order valence-electron chi connectivity index (χ4n) is 1.28. The van der Waals surface area contributed by atoms with E-state index in [9.17, 15) is 9.59 Å². The van der Waals surface area contributed by atoms with Crippen LogP contribution in [0.1, 0.15) is 20.8 Å². The molecular formula is C14H20N2O3. The molecule has 19 heavy (non-hydrogen) atoms. The van der Waals surface area contributed by atoms with Crippen molar-refractivity contribution in [2.24, 2.45) is 5.73 Å². The van der Waals surface area contributed by atoms with Crippen molar-refractivity contribution >= 4 is 12.2 Å². The molecule has 0 aromatic carbocycles. The van der Waals surface area contributed by atoms with Crippen LogP contribution in [0.15, 0.2) is 47.0 Å².